The first-order valence-electron chi connectivity index (χ1n) is 9.83. The molecule has 1 aliphatic heterocycles. The van der Waals surface area contributed by atoms with Crippen LogP contribution in [-0.2, 0) is 34.1 Å². The van der Waals surface area contributed by atoms with Crippen LogP contribution in [0.1, 0.15) is 16.7 Å². The lowest BCUT2D eigenvalue weighted by Gasteiger charge is -2.16. The third kappa shape index (κ3) is 5.54. The van der Waals surface area contributed by atoms with E-state index in [0.717, 1.165) is 11.8 Å². The minimum absolute atomic E-state index is 0.0304. The van der Waals surface area contributed by atoms with Crippen LogP contribution < -0.4 is 20.1 Å². The van der Waals surface area contributed by atoms with Crippen molar-refractivity contribution in [1.29, 1.82) is 0 Å². The number of nitrogens with one attached hydrogen (secondary N) is 3. The molecule has 178 valence electrons. The summed E-state index contributed by atoms with van der Waals surface area (Å²) in [7, 11) is -3.75. The number of para-hydroxylation sites is 1. The van der Waals surface area contributed by atoms with Gasteiger partial charge < -0.3 is 20.1 Å². The van der Waals surface area contributed by atoms with Crippen molar-refractivity contribution < 1.29 is 30.6 Å². The summed E-state index contributed by atoms with van der Waals surface area (Å²) in [5, 5.41) is 8.17. The molecule has 0 radical (unpaired) electrons. The fraction of sp³-hybridized carbons (Fsp3) is 0.190. The molecule has 4 rings (SSSR count). The average molecular weight is 493 g/mol. The Balaban J connectivity index is 1.59. The lowest BCUT2D eigenvalue weighted by molar-refractivity contribution is -0.137. The van der Waals surface area contributed by atoms with E-state index in [1.807, 2.05) is 0 Å². The van der Waals surface area contributed by atoms with Crippen LogP contribution in [0.5, 0.6) is 5.75 Å². The van der Waals surface area contributed by atoms with Crippen LogP contribution in [0.15, 0.2) is 48.7 Å². The molecule has 13 heteroatoms. The van der Waals surface area contributed by atoms with Gasteiger partial charge in [0.15, 0.2) is 0 Å². The van der Waals surface area contributed by atoms with Crippen LogP contribution in [0.3, 0.4) is 0 Å². The summed E-state index contributed by atoms with van der Waals surface area (Å²) >= 11 is 0. The van der Waals surface area contributed by atoms with E-state index in [0.29, 0.717) is 23.1 Å². The summed E-state index contributed by atoms with van der Waals surface area (Å²) in [6.07, 6.45) is -2.98. The van der Waals surface area contributed by atoms with Gasteiger partial charge in [0.2, 0.25) is 11.9 Å². The Morgan fingerprint density at radius 2 is 1.94 bits per heavy atom. The molecule has 3 aromatic rings. The second kappa shape index (κ2) is 8.82. The van der Waals surface area contributed by atoms with E-state index in [1.165, 1.54) is 18.2 Å². The van der Waals surface area contributed by atoms with E-state index in [4.69, 9.17) is 4.18 Å². The van der Waals surface area contributed by atoms with Crippen molar-refractivity contribution in [3.05, 3.63) is 65.4 Å². The number of halogens is 3. The monoisotopic (exact) mass is 493 g/mol. The fourth-order valence-corrected chi connectivity index (χ4v) is 3.78. The van der Waals surface area contributed by atoms with E-state index in [-0.39, 0.29) is 30.6 Å². The van der Waals surface area contributed by atoms with Crippen LogP contribution in [-0.4, -0.2) is 30.5 Å². The number of anilines is 4. The van der Waals surface area contributed by atoms with E-state index in [1.54, 1.807) is 24.3 Å². The van der Waals surface area contributed by atoms with Crippen molar-refractivity contribution in [2.75, 3.05) is 22.2 Å². The van der Waals surface area contributed by atoms with Crippen LogP contribution in [0, 0.1) is 0 Å². The van der Waals surface area contributed by atoms with Gasteiger partial charge in [-0.25, -0.2) is 4.98 Å². The maximum atomic E-state index is 13.5. The molecule has 34 heavy (non-hydrogen) atoms. The van der Waals surface area contributed by atoms with Gasteiger partial charge in [0.1, 0.15) is 17.1 Å². The number of amides is 1. The van der Waals surface area contributed by atoms with Crippen molar-refractivity contribution in [1.82, 2.24) is 9.97 Å². The number of alkyl halides is 3. The van der Waals surface area contributed by atoms with Gasteiger partial charge in [-0.05, 0) is 29.3 Å². The number of carbonyl (C=O) groups excluding carboxylic acids is 1. The second-order valence-electron chi connectivity index (χ2n) is 7.43. The molecule has 2 heterocycles. The summed E-state index contributed by atoms with van der Waals surface area (Å²) in [6, 6.07) is 11.0. The zero-order valence-electron chi connectivity index (χ0n) is 17.6. The Hall–Kier alpha value is -3.87. The van der Waals surface area contributed by atoms with Gasteiger partial charge in [-0.3, -0.25) is 4.79 Å². The number of hydrogen-bond acceptors (Lipinski definition) is 8. The summed E-state index contributed by atoms with van der Waals surface area (Å²) < 4.78 is 68.0. The first kappa shape index (κ1) is 23.3. The summed E-state index contributed by atoms with van der Waals surface area (Å²) in [4.78, 5) is 19.4. The maximum Gasteiger partial charge on any atom is 0.421 e. The second-order valence-corrected chi connectivity index (χ2v) is 9.01. The van der Waals surface area contributed by atoms with E-state index >= 15 is 0 Å². The van der Waals surface area contributed by atoms with Gasteiger partial charge >= 0.3 is 16.3 Å². The first-order valence-corrected chi connectivity index (χ1v) is 11.6. The van der Waals surface area contributed by atoms with Gasteiger partial charge in [0.05, 0.1) is 24.1 Å². The summed E-state index contributed by atoms with van der Waals surface area (Å²) in [6.45, 7) is -0.0999. The fourth-order valence-electron chi connectivity index (χ4n) is 3.33. The summed E-state index contributed by atoms with van der Waals surface area (Å²) in [5.41, 5.74) is 1.10. The Labute approximate surface area is 192 Å². The number of fused-ring (bicyclic) bond motifs is 1. The number of hydrogen-bond donors (Lipinski definition) is 3. The molecule has 1 aliphatic rings. The standard InChI is InChI=1S/C21H18F3N5O4S/c1-34(31,32)33-14-6-2-4-12(8-14)10-25-19-15(21(22,23)24)11-26-20(29-19)27-16-7-3-5-13-9-17(30)28-18(13)16/h2-8,11H,9-10H2,1H3,(H,28,30)(H2,25,26,27,29). The highest BCUT2D eigenvalue weighted by atomic mass is 32.2. The molecule has 0 unspecified atom stereocenters. The number of rotatable bonds is 7. The van der Waals surface area contributed by atoms with Crippen LogP contribution >= 0.6 is 0 Å². The predicted molar refractivity (Wildman–Crippen MR) is 118 cm³/mol. The molecular formula is C21H18F3N5O4S. The molecule has 1 amide bonds. The number of carbonyl (C=O) groups is 1. The minimum atomic E-state index is -4.72. The summed E-state index contributed by atoms with van der Waals surface area (Å²) in [5.74, 6) is -0.750. The Morgan fingerprint density at radius 1 is 1.18 bits per heavy atom. The van der Waals surface area contributed by atoms with Gasteiger partial charge in [-0.1, -0.05) is 24.3 Å². The normalized spacial score (nSPS) is 13.2. The number of nitrogens with zero attached hydrogens (tertiary/aromatic N) is 2. The molecular weight excluding hydrogens is 475 g/mol. The predicted octanol–water partition coefficient (Wildman–Crippen LogP) is 3.68. The highest BCUT2D eigenvalue weighted by Gasteiger charge is 2.35. The van der Waals surface area contributed by atoms with Gasteiger partial charge in [-0.2, -0.15) is 26.6 Å². The molecule has 2 aromatic carbocycles. The number of aromatic nitrogens is 2. The maximum absolute atomic E-state index is 13.5. The van der Waals surface area contributed by atoms with Crippen molar-refractivity contribution in [3.63, 3.8) is 0 Å². The highest BCUT2D eigenvalue weighted by molar-refractivity contribution is 7.86. The molecule has 1 aromatic heterocycles. The zero-order valence-corrected chi connectivity index (χ0v) is 18.4. The smallest absolute Gasteiger partial charge is 0.383 e. The Bertz CT molecular complexity index is 1360. The Kier molecular flexibility index (Phi) is 6.04. The zero-order chi connectivity index (χ0) is 24.5. The molecule has 0 saturated heterocycles. The highest BCUT2D eigenvalue weighted by Crippen LogP contribution is 2.36. The molecule has 0 bridgehead atoms. The molecule has 0 atom stereocenters. The molecule has 0 aliphatic carbocycles. The third-order valence-corrected chi connectivity index (χ3v) is 5.21. The van der Waals surface area contributed by atoms with Crippen molar-refractivity contribution in [2.45, 2.75) is 19.1 Å². The van der Waals surface area contributed by atoms with Gasteiger partial charge in [0, 0.05) is 12.7 Å². The average Bonchev–Trinajstić information content (AvgIpc) is 3.12. The van der Waals surface area contributed by atoms with Crippen molar-refractivity contribution in [3.8, 4) is 5.75 Å². The number of benzene rings is 2. The molecule has 3 N–H and O–H groups in total. The molecule has 0 spiro atoms. The molecule has 0 fully saturated rings. The van der Waals surface area contributed by atoms with Gasteiger partial charge in [0.25, 0.3) is 0 Å². The lowest BCUT2D eigenvalue weighted by Crippen LogP contribution is -2.14. The lowest BCUT2D eigenvalue weighted by atomic mass is 10.1. The molecule has 9 nitrogen and oxygen atoms in total. The molecule has 0 saturated carbocycles. The van der Waals surface area contributed by atoms with Crippen molar-refractivity contribution >= 4 is 39.2 Å². The first-order chi connectivity index (χ1) is 16.0. The van der Waals surface area contributed by atoms with Gasteiger partial charge in [-0.15, -0.1) is 0 Å². The van der Waals surface area contributed by atoms with E-state index in [2.05, 4.69) is 25.9 Å². The quantitative estimate of drug-likeness (QED) is 0.426. The van der Waals surface area contributed by atoms with Crippen LogP contribution in [0.25, 0.3) is 0 Å². The minimum Gasteiger partial charge on any atom is -0.383 e. The largest absolute Gasteiger partial charge is 0.421 e. The van der Waals surface area contributed by atoms with E-state index in [9.17, 15) is 26.4 Å². The SMILES string of the molecule is CS(=O)(=O)Oc1cccc(CNc2nc(Nc3cccc4c3NC(=O)C4)ncc2C(F)(F)F)c1. The van der Waals surface area contributed by atoms with Crippen molar-refractivity contribution in [2.24, 2.45) is 0 Å². The Morgan fingerprint density at radius 3 is 2.68 bits per heavy atom. The van der Waals surface area contributed by atoms with Crippen LogP contribution in [0.4, 0.5) is 36.3 Å². The van der Waals surface area contributed by atoms with Crippen LogP contribution in [0.2, 0.25) is 0 Å². The third-order valence-electron chi connectivity index (χ3n) is 4.71. The topological polar surface area (TPSA) is 122 Å². The van der Waals surface area contributed by atoms with E-state index < -0.39 is 27.7 Å².